The average Bonchev–Trinajstić information content (AvgIpc) is 2.18. The van der Waals surface area contributed by atoms with E-state index in [1.165, 1.54) is 0 Å². The van der Waals surface area contributed by atoms with Crippen molar-refractivity contribution in [3.63, 3.8) is 0 Å². The van der Waals surface area contributed by atoms with Crippen molar-refractivity contribution in [3.8, 4) is 5.75 Å². The van der Waals surface area contributed by atoms with Gasteiger partial charge in [-0.2, -0.15) is 0 Å². The van der Waals surface area contributed by atoms with E-state index in [1.54, 1.807) is 7.11 Å². The molecule has 0 spiro atoms. The second-order valence-electron chi connectivity index (χ2n) is 2.83. The van der Waals surface area contributed by atoms with Crippen molar-refractivity contribution in [1.29, 1.82) is 0 Å². The molecule has 0 bridgehead atoms. The number of thiol groups is 1. The third-order valence-corrected chi connectivity index (χ3v) is 1.98. The van der Waals surface area contributed by atoms with Crippen LogP contribution in [-0.4, -0.2) is 18.9 Å². The molecule has 1 aromatic carbocycles. The van der Waals surface area contributed by atoms with E-state index in [0.29, 0.717) is 6.54 Å². The summed E-state index contributed by atoms with van der Waals surface area (Å²) < 4.78 is 5.08. The fourth-order valence-electron chi connectivity index (χ4n) is 1.14. The number of benzene rings is 1. The van der Waals surface area contributed by atoms with E-state index in [4.69, 9.17) is 4.74 Å². The Morgan fingerprint density at radius 2 is 2.36 bits per heavy atom. The Kier molecular flexibility index (Phi) is 4.32. The number of amides is 1. The first-order valence-electron chi connectivity index (χ1n) is 4.32. The minimum absolute atomic E-state index is 0.298. The molecule has 0 unspecified atom stereocenters. The van der Waals surface area contributed by atoms with E-state index in [1.807, 2.05) is 24.3 Å². The van der Waals surface area contributed by atoms with Crippen LogP contribution in [0.4, 0.5) is 4.79 Å². The minimum atomic E-state index is -0.298. The molecule has 1 rings (SSSR count). The highest BCUT2D eigenvalue weighted by Gasteiger charge is 1.96. The van der Waals surface area contributed by atoms with Crippen LogP contribution in [0.1, 0.15) is 5.56 Å². The molecule has 4 heteroatoms. The lowest BCUT2D eigenvalue weighted by atomic mass is 10.1. The summed E-state index contributed by atoms with van der Waals surface area (Å²) in [4.78, 5) is 10.5. The predicted octanol–water partition coefficient (Wildman–Crippen LogP) is 1.88. The Balaban J connectivity index is 2.46. The zero-order valence-electron chi connectivity index (χ0n) is 7.99. The van der Waals surface area contributed by atoms with Gasteiger partial charge in [-0.15, -0.1) is 0 Å². The van der Waals surface area contributed by atoms with Gasteiger partial charge in [-0.1, -0.05) is 24.8 Å². The lowest BCUT2D eigenvalue weighted by Crippen LogP contribution is -2.19. The normalized spacial score (nSPS) is 9.57. The molecular formula is C10H13NO2S. The molecule has 0 aliphatic rings. The Hall–Kier alpha value is -1.16. The summed E-state index contributed by atoms with van der Waals surface area (Å²) in [5.74, 6) is 0.833. The van der Waals surface area contributed by atoms with Crippen LogP contribution in [0.3, 0.4) is 0 Å². The Bertz CT molecular complexity index is 315. The van der Waals surface area contributed by atoms with E-state index in [0.717, 1.165) is 17.7 Å². The molecule has 0 atom stereocenters. The van der Waals surface area contributed by atoms with Crippen molar-refractivity contribution in [2.75, 3.05) is 13.7 Å². The number of hydrogen-bond acceptors (Lipinski definition) is 2. The first-order valence-corrected chi connectivity index (χ1v) is 4.77. The number of hydrogen-bond donors (Lipinski definition) is 2. The highest BCUT2D eigenvalue weighted by molar-refractivity contribution is 7.96. The van der Waals surface area contributed by atoms with E-state index >= 15 is 0 Å². The second-order valence-corrected chi connectivity index (χ2v) is 3.24. The van der Waals surface area contributed by atoms with Gasteiger partial charge in [0, 0.05) is 6.54 Å². The Morgan fingerprint density at radius 1 is 1.57 bits per heavy atom. The van der Waals surface area contributed by atoms with Crippen molar-refractivity contribution in [2.24, 2.45) is 0 Å². The third-order valence-electron chi connectivity index (χ3n) is 1.82. The maximum absolute atomic E-state index is 10.5. The van der Waals surface area contributed by atoms with Crippen LogP contribution in [0.25, 0.3) is 0 Å². The molecule has 1 N–H and O–H groups in total. The van der Waals surface area contributed by atoms with E-state index < -0.39 is 0 Å². The molecule has 0 heterocycles. The van der Waals surface area contributed by atoms with E-state index in [-0.39, 0.29) is 5.24 Å². The number of carbonyl (C=O) groups excluding carboxylic acids is 1. The predicted molar refractivity (Wildman–Crippen MR) is 59.1 cm³/mol. The third kappa shape index (κ3) is 3.70. The van der Waals surface area contributed by atoms with Gasteiger partial charge < -0.3 is 10.1 Å². The van der Waals surface area contributed by atoms with Gasteiger partial charge in [-0.3, -0.25) is 4.79 Å². The summed E-state index contributed by atoms with van der Waals surface area (Å²) in [6.07, 6.45) is 0.781. The smallest absolute Gasteiger partial charge is 0.275 e. The lowest BCUT2D eigenvalue weighted by molar-refractivity contribution is 0.261. The molecule has 0 aliphatic carbocycles. The molecule has 14 heavy (non-hydrogen) atoms. The molecule has 0 fully saturated rings. The first-order chi connectivity index (χ1) is 6.72. The fourth-order valence-corrected chi connectivity index (χ4v) is 1.25. The highest BCUT2D eigenvalue weighted by Crippen LogP contribution is 2.12. The van der Waals surface area contributed by atoms with Crippen molar-refractivity contribution in [1.82, 2.24) is 5.32 Å². The van der Waals surface area contributed by atoms with Gasteiger partial charge >= 0.3 is 0 Å². The SMILES string of the molecule is COc1cccc(CCNC(=O)S)c1. The Labute approximate surface area is 88.9 Å². The maximum Gasteiger partial charge on any atom is 0.275 e. The zero-order chi connectivity index (χ0) is 10.4. The van der Waals surface area contributed by atoms with Gasteiger partial charge in [0.1, 0.15) is 5.75 Å². The summed E-state index contributed by atoms with van der Waals surface area (Å²) >= 11 is 3.61. The fraction of sp³-hybridized carbons (Fsp3) is 0.300. The summed E-state index contributed by atoms with van der Waals surface area (Å²) in [5.41, 5.74) is 1.13. The molecule has 76 valence electrons. The zero-order valence-corrected chi connectivity index (χ0v) is 8.88. The van der Waals surface area contributed by atoms with Crippen molar-refractivity contribution < 1.29 is 9.53 Å². The largest absolute Gasteiger partial charge is 0.497 e. The summed E-state index contributed by atoms with van der Waals surface area (Å²) in [7, 11) is 1.63. The van der Waals surface area contributed by atoms with Crippen molar-refractivity contribution in [2.45, 2.75) is 6.42 Å². The molecule has 3 nitrogen and oxygen atoms in total. The lowest BCUT2D eigenvalue weighted by Gasteiger charge is -2.04. The van der Waals surface area contributed by atoms with Crippen LogP contribution in [0.2, 0.25) is 0 Å². The molecular weight excluding hydrogens is 198 g/mol. The molecule has 0 saturated carbocycles. The van der Waals surface area contributed by atoms with Crippen molar-refractivity contribution in [3.05, 3.63) is 29.8 Å². The number of rotatable bonds is 4. The average molecular weight is 211 g/mol. The van der Waals surface area contributed by atoms with Gasteiger partial charge in [0.15, 0.2) is 0 Å². The van der Waals surface area contributed by atoms with E-state index in [2.05, 4.69) is 17.9 Å². The van der Waals surface area contributed by atoms with Gasteiger partial charge in [0.2, 0.25) is 0 Å². The number of carbonyl (C=O) groups is 1. The maximum atomic E-state index is 10.5. The number of methoxy groups -OCH3 is 1. The molecule has 0 radical (unpaired) electrons. The first kappa shape index (κ1) is 10.9. The molecule has 1 amide bonds. The number of nitrogens with one attached hydrogen (secondary N) is 1. The number of ether oxygens (including phenoxy) is 1. The monoisotopic (exact) mass is 211 g/mol. The van der Waals surface area contributed by atoms with Gasteiger partial charge in [0.05, 0.1) is 7.11 Å². The summed E-state index contributed by atoms with van der Waals surface area (Å²) in [6, 6.07) is 7.76. The minimum Gasteiger partial charge on any atom is -0.497 e. The van der Waals surface area contributed by atoms with Crippen LogP contribution in [-0.2, 0) is 6.42 Å². The Morgan fingerprint density at radius 3 is 3.00 bits per heavy atom. The van der Waals surface area contributed by atoms with Gasteiger partial charge in [-0.25, -0.2) is 0 Å². The van der Waals surface area contributed by atoms with Crippen molar-refractivity contribution >= 4 is 17.9 Å². The highest BCUT2D eigenvalue weighted by atomic mass is 32.1. The summed E-state index contributed by atoms with van der Waals surface area (Å²) in [5, 5.41) is 2.32. The van der Waals surface area contributed by atoms with Crippen LogP contribution in [0.5, 0.6) is 5.75 Å². The van der Waals surface area contributed by atoms with Gasteiger partial charge in [0.25, 0.3) is 5.24 Å². The molecule has 0 saturated heterocycles. The van der Waals surface area contributed by atoms with Crippen LogP contribution >= 0.6 is 12.6 Å². The van der Waals surface area contributed by atoms with Gasteiger partial charge in [-0.05, 0) is 24.1 Å². The quantitative estimate of drug-likeness (QED) is 0.746. The molecule has 0 aliphatic heterocycles. The topological polar surface area (TPSA) is 38.3 Å². The molecule has 0 aromatic heterocycles. The standard InChI is InChI=1S/C10H13NO2S/c1-13-9-4-2-3-8(7-9)5-6-11-10(12)14/h2-4,7H,5-6H2,1H3,(H2,11,12,14). The second kappa shape index (κ2) is 5.54. The molecule has 1 aromatic rings. The van der Waals surface area contributed by atoms with Crippen LogP contribution < -0.4 is 10.1 Å². The summed E-state index contributed by atoms with van der Waals surface area (Å²) in [6.45, 7) is 0.593. The van der Waals surface area contributed by atoms with E-state index in [9.17, 15) is 4.79 Å². The van der Waals surface area contributed by atoms with Crippen LogP contribution in [0.15, 0.2) is 24.3 Å². The van der Waals surface area contributed by atoms with Crippen LogP contribution in [0, 0.1) is 0 Å².